The molecule has 0 saturated heterocycles. The van der Waals surface area contributed by atoms with Gasteiger partial charge in [-0.25, -0.2) is 5.43 Å². The molecule has 0 unspecified atom stereocenters. The number of hydrazone groups is 1. The maximum absolute atomic E-state index is 12.8. The smallest absolute Gasteiger partial charge is 0.287 e. The van der Waals surface area contributed by atoms with Crippen molar-refractivity contribution in [2.75, 3.05) is 19.0 Å². The minimum absolute atomic E-state index is 0.0717. The van der Waals surface area contributed by atoms with E-state index in [4.69, 9.17) is 4.42 Å². The number of amides is 2. The molecular weight excluding hydrogens is 392 g/mol. The Bertz CT molecular complexity index is 1080. The van der Waals surface area contributed by atoms with Gasteiger partial charge < -0.3 is 14.6 Å². The van der Waals surface area contributed by atoms with Gasteiger partial charge in [0, 0.05) is 25.3 Å². The van der Waals surface area contributed by atoms with Gasteiger partial charge in [-0.1, -0.05) is 30.3 Å². The van der Waals surface area contributed by atoms with Crippen molar-refractivity contribution in [3.63, 3.8) is 0 Å². The topological polar surface area (TPSA) is 86.9 Å². The van der Waals surface area contributed by atoms with Gasteiger partial charge in [0.15, 0.2) is 0 Å². The van der Waals surface area contributed by atoms with E-state index in [-0.39, 0.29) is 5.70 Å². The maximum Gasteiger partial charge on any atom is 0.287 e. The van der Waals surface area contributed by atoms with E-state index in [1.807, 2.05) is 49.3 Å². The van der Waals surface area contributed by atoms with Crippen LogP contribution in [0.2, 0.25) is 0 Å². The van der Waals surface area contributed by atoms with Crippen LogP contribution in [0.1, 0.15) is 28.6 Å². The highest BCUT2D eigenvalue weighted by Crippen LogP contribution is 2.14. The summed E-state index contributed by atoms with van der Waals surface area (Å²) in [4.78, 5) is 27.4. The molecule has 7 heteroatoms. The van der Waals surface area contributed by atoms with Gasteiger partial charge in [-0.2, -0.15) is 5.10 Å². The quantitative estimate of drug-likeness (QED) is 0.350. The van der Waals surface area contributed by atoms with E-state index in [0.717, 1.165) is 11.3 Å². The molecule has 0 radical (unpaired) electrons. The molecule has 2 N–H and O–H groups in total. The molecule has 3 aromatic rings. The second kappa shape index (κ2) is 10.1. The summed E-state index contributed by atoms with van der Waals surface area (Å²) in [5.41, 5.74) is 5.28. The van der Waals surface area contributed by atoms with E-state index in [1.54, 1.807) is 49.4 Å². The number of benzene rings is 2. The fourth-order valence-electron chi connectivity index (χ4n) is 2.71. The van der Waals surface area contributed by atoms with Crippen LogP contribution >= 0.6 is 0 Å². The van der Waals surface area contributed by atoms with Gasteiger partial charge in [-0.3, -0.25) is 9.59 Å². The van der Waals surface area contributed by atoms with Gasteiger partial charge in [0.25, 0.3) is 11.8 Å². The Labute approximate surface area is 181 Å². The van der Waals surface area contributed by atoms with Crippen molar-refractivity contribution < 1.29 is 14.0 Å². The Morgan fingerprint density at radius 1 is 0.968 bits per heavy atom. The zero-order chi connectivity index (χ0) is 22.2. The van der Waals surface area contributed by atoms with Gasteiger partial charge in [0.05, 0.1) is 6.26 Å². The van der Waals surface area contributed by atoms with Crippen molar-refractivity contribution >= 4 is 29.3 Å². The lowest BCUT2D eigenvalue weighted by atomic mass is 10.1. The lowest BCUT2D eigenvalue weighted by molar-refractivity contribution is -0.117. The molecule has 3 rings (SSSR count). The van der Waals surface area contributed by atoms with E-state index in [2.05, 4.69) is 15.8 Å². The predicted octanol–water partition coefficient (Wildman–Crippen LogP) is 3.66. The summed E-state index contributed by atoms with van der Waals surface area (Å²) in [6.07, 6.45) is 3.13. The summed E-state index contributed by atoms with van der Waals surface area (Å²) in [7, 11) is 3.90. The van der Waals surface area contributed by atoms with Crippen LogP contribution in [0.3, 0.4) is 0 Å². The standard InChI is InChI=1S/C24H24N4O3/c1-17(22-10-7-15-31-22)26-27-24(30)21(25-23(29)19-8-5-4-6-9-19)16-18-11-13-20(14-12-18)28(2)3/h4-16H,1-3H3,(H,25,29)(H,27,30)/b21-16-,26-17-. The zero-order valence-corrected chi connectivity index (χ0v) is 17.6. The van der Waals surface area contributed by atoms with E-state index >= 15 is 0 Å². The molecule has 0 saturated carbocycles. The number of nitrogens with one attached hydrogen (secondary N) is 2. The van der Waals surface area contributed by atoms with Gasteiger partial charge >= 0.3 is 0 Å². The van der Waals surface area contributed by atoms with Crippen LogP contribution in [0.5, 0.6) is 0 Å². The molecule has 158 valence electrons. The molecular formula is C24H24N4O3. The zero-order valence-electron chi connectivity index (χ0n) is 17.6. The van der Waals surface area contributed by atoms with Crippen LogP contribution in [0.15, 0.2) is 88.2 Å². The highest BCUT2D eigenvalue weighted by atomic mass is 16.3. The van der Waals surface area contributed by atoms with Crippen molar-refractivity contribution in [1.82, 2.24) is 10.7 Å². The molecule has 0 fully saturated rings. The first kappa shape index (κ1) is 21.6. The second-order valence-electron chi connectivity index (χ2n) is 6.98. The SMILES string of the molecule is C/C(=N/NC(=O)/C(=C/c1ccc(N(C)C)cc1)NC(=O)c1ccccc1)c1ccco1. The van der Waals surface area contributed by atoms with Crippen molar-refractivity contribution in [2.45, 2.75) is 6.92 Å². The van der Waals surface area contributed by atoms with Crippen LogP contribution < -0.4 is 15.6 Å². The fourth-order valence-corrected chi connectivity index (χ4v) is 2.71. The summed E-state index contributed by atoms with van der Waals surface area (Å²) < 4.78 is 5.27. The molecule has 0 spiro atoms. The van der Waals surface area contributed by atoms with Crippen LogP contribution in [0.25, 0.3) is 6.08 Å². The van der Waals surface area contributed by atoms with Gasteiger partial charge in [0.1, 0.15) is 17.2 Å². The summed E-state index contributed by atoms with van der Waals surface area (Å²) >= 11 is 0. The van der Waals surface area contributed by atoms with Crippen molar-refractivity contribution in [2.24, 2.45) is 5.10 Å². The summed E-state index contributed by atoms with van der Waals surface area (Å²) in [6, 6.07) is 19.8. The van der Waals surface area contributed by atoms with Crippen LogP contribution in [0.4, 0.5) is 5.69 Å². The number of nitrogens with zero attached hydrogens (tertiary/aromatic N) is 2. The summed E-state index contributed by atoms with van der Waals surface area (Å²) in [5.74, 6) is -0.399. The Morgan fingerprint density at radius 2 is 1.68 bits per heavy atom. The first-order valence-corrected chi connectivity index (χ1v) is 9.68. The number of furan rings is 1. The van der Waals surface area contributed by atoms with Crippen LogP contribution in [-0.2, 0) is 4.79 Å². The number of hydrogen-bond donors (Lipinski definition) is 2. The third-order valence-electron chi connectivity index (χ3n) is 4.45. The molecule has 7 nitrogen and oxygen atoms in total. The summed E-state index contributed by atoms with van der Waals surface area (Å²) in [6.45, 7) is 1.71. The number of carbonyl (C=O) groups excluding carboxylic acids is 2. The molecule has 31 heavy (non-hydrogen) atoms. The van der Waals surface area contributed by atoms with Crippen LogP contribution in [0, 0.1) is 0 Å². The molecule has 2 amide bonds. The number of carbonyl (C=O) groups is 2. The van der Waals surface area contributed by atoms with Crippen molar-refractivity contribution in [3.05, 3.63) is 95.6 Å². The molecule has 1 aromatic heterocycles. The van der Waals surface area contributed by atoms with Crippen molar-refractivity contribution in [3.8, 4) is 0 Å². The minimum atomic E-state index is -0.549. The molecule has 0 aliphatic heterocycles. The molecule has 2 aromatic carbocycles. The van der Waals surface area contributed by atoms with E-state index in [1.165, 1.54) is 6.26 Å². The van der Waals surface area contributed by atoms with Gasteiger partial charge in [0.2, 0.25) is 0 Å². The summed E-state index contributed by atoms with van der Waals surface area (Å²) in [5, 5.41) is 6.76. The Balaban J connectivity index is 1.84. The molecule has 0 aliphatic carbocycles. The highest BCUT2D eigenvalue weighted by Gasteiger charge is 2.15. The Hall–Kier alpha value is -4.13. The first-order valence-electron chi connectivity index (χ1n) is 9.68. The predicted molar refractivity (Wildman–Crippen MR) is 122 cm³/mol. The first-order chi connectivity index (χ1) is 14.9. The molecule has 0 aliphatic rings. The fraction of sp³-hybridized carbons (Fsp3) is 0.125. The Kier molecular flexibility index (Phi) is 7.01. The average Bonchev–Trinajstić information content (AvgIpc) is 3.33. The Morgan fingerprint density at radius 3 is 2.29 bits per heavy atom. The highest BCUT2D eigenvalue weighted by molar-refractivity contribution is 6.06. The van der Waals surface area contributed by atoms with Crippen LogP contribution in [-0.4, -0.2) is 31.6 Å². The second-order valence-corrected chi connectivity index (χ2v) is 6.98. The maximum atomic E-state index is 12.8. The number of anilines is 1. The van der Waals surface area contributed by atoms with Gasteiger partial charge in [-0.05, 0) is 55.0 Å². The normalized spacial score (nSPS) is 11.7. The van der Waals surface area contributed by atoms with Crippen molar-refractivity contribution in [1.29, 1.82) is 0 Å². The molecule has 0 bridgehead atoms. The average molecular weight is 416 g/mol. The minimum Gasteiger partial charge on any atom is -0.463 e. The van der Waals surface area contributed by atoms with E-state index < -0.39 is 11.8 Å². The third-order valence-corrected chi connectivity index (χ3v) is 4.45. The number of hydrogen-bond acceptors (Lipinski definition) is 5. The largest absolute Gasteiger partial charge is 0.463 e. The molecule has 0 atom stereocenters. The monoisotopic (exact) mass is 416 g/mol. The lowest BCUT2D eigenvalue weighted by Gasteiger charge is -2.13. The molecule has 1 heterocycles. The van der Waals surface area contributed by atoms with E-state index in [9.17, 15) is 9.59 Å². The lowest BCUT2D eigenvalue weighted by Crippen LogP contribution is -2.33. The van der Waals surface area contributed by atoms with Gasteiger partial charge in [-0.15, -0.1) is 0 Å². The third kappa shape index (κ3) is 5.93. The number of rotatable bonds is 7. The van der Waals surface area contributed by atoms with E-state index in [0.29, 0.717) is 17.0 Å².